The summed E-state index contributed by atoms with van der Waals surface area (Å²) in [6, 6.07) is 19.7. The van der Waals surface area contributed by atoms with Gasteiger partial charge in [-0.05, 0) is 76.9 Å². The second kappa shape index (κ2) is 11.5. The van der Waals surface area contributed by atoms with Crippen LogP contribution < -0.4 is 14.4 Å². The van der Waals surface area contributed by atoms with Crippen LogP contribution in [-0.2, 0) is 11.3 Å². The first kappa shape index (κ1) is 23.6. The van der Waals surface area contributed by atoms with Gasteiger partial charge < -0.3 is 19.1 Å². The van der Waals surface area contributed by atoms with Crippen molar-refractivity contribution >= 4 is 45.1 Å². The van der Waals surface area contributed by atoms with Crippen molar-refractivity contribution in [2.24, 2.45) is 4.99 Å². The second-order valence-corrected chi connectivity index (χ2v) is 8.83. The third kappa shape index (κ3) is 6.50. The van der Waals surface area contributed by atoms with E-state index in [0.717, 1.165) is 47.6 Å². The molecule has 0 unspecified atom stereocenters. The predicted octanol–water partition coefficient (Wildman–Crippen LogP) is 6.67. The number of aliphatic imine (C=N–C) groups is 1. The Bertz CT molecular complexity index is 1080. The van der Waals surface area contributed by atoms with Gasteiger partial charge in [0.1, 0.15) is 6.61 Å². The first-order valence-corrected chi connectivity index (χ1v) is 12.1. The third-order valence-electron chi connectivity index (χ3n) is 5.25. The van der Waals surface area contributed by atoms with E-state index >= 15 is 0 Å². The monoisotopic (exact) mass is 528 g/mol. The van der Waals surface area contributed by atoms with Gasteiger partial charge in [-0.15, -0.1) is 0 Å². The van der Waals surface area contributed by atoms with Crippen LogP contribution in [0.15, 0.2) is 70.1 Å². The fourth-order valence-electron chi connectivity index (χ4n) is 3.49. The van der Waals surface area contributed by atoms with E-state index in [0.29, 0.717) is 29.7 Å². The Kier molecular flexibility index (Phi) is 8.26. The van der Waals surface area contributed by atoms with Crippen LogP contribution in [0.2, 0.25) is 5.02 Å². The standard InChI is InChI=1S/C26H26BrClN2O3/c1-2-32-25-15-20(24(27)16-26(25)33-18-19-3-5-21(28)6-4-19)17-29-22-7-9-23(10-8-22)30-11-13-31-14-12-30/h3-10,15-17H,2,11-14,18H2,1H3. The maximum Gasteiger partial charge on any atom is 0.162 e. The van der Waals surface area contributed by atoms with Gasteiger partial charge >= 0.3 is 0 Å². The van der Waals surface area contributed by atoms with Crippen LogP contribution in [0.5, 0.6) is 11.5 Å². The number of anilines is 1. The number of morpholine rings is 1. The summed E-state index contributed by atoms with van der Waals surface area (Å²) >= 11 is 9.61. The van der Waals surface area contributed by atoms with Crippen molar-refractivity contribution in [3.63, 3.8) is 0 Å². The van der Waals surface area contributed by atoms with Crippen LogP contribution in [0.25, 0.3) is 0 Å². The normalized spacial score (nSPS) is 14.0. The minimum Gasteiger partial charge on any atom is -0.490 e. The maximum atomic E-state index is 6.03. The number of benzene rings is 3. The lowest BCUT2D eigenvalue weighted by atomic mass is 10.2. The molecule has 0 N–H and O–H groups in total. The summed E-state index contributed by atoms with van der Waals surface area (Å²) in [5.41, 5.74) is 4.03. The molecule has 0 spiro atoms. The van der Waals surface area contributed by atoms with Crippen LogP contribution in [-0.4, -0.2) is 39.1 Å². The zero-order valence-electron chi connectivity index (χ0n) is 18.5. The van der Waals surface area contributed by atoms with Gasteiger partial charge in [0, 0.05) is 40.1 Å². The minimum atomic E-state index is 0.423. The molecule has 0 bridgehead atoms. The summed E-state index contributed by atoms with van der Waals surface area (Å²) in [5.74, 6) is 1.35. The quantitative estimate of drug-likeness (QED) is 0.306. The van der Waals surface area contributed by atoms with E-state index in [1.807, 2.05) is 61.7 Å². The molecular weight excluding hydrogens is 504 g/mol. The number of hydrogen-bond acceptors (Lipinski definition) is 5. The fraction of sp³-hybridized carbons (Fsp3) is 0.269. The third-order valence-corrected chi connectivity index (χ3v) is 6.19. The van der Waals surface area contributed by atoms with Gasteiger partial charge in [0.2, 0.25) is 0 Å². The van der Waals surface area contributed by atoms with Gasteiger partial charge in [-0.1, -0.05) is 23.7 Å². The molecule has 0 atom stereocenters. The molecule has 3 aromatic rings. The van der Waals surface area contributed by atoms with E-state index in [4.69, 9.17) is 25.8 Å². The zero-order valence-corrected chi connectivity index (χ0v) is 20.8. The van der Waals surface area contributed by atoms with Gasteiger partial charge in [0.25, 0.3) is 0 Å². The molecule has 4 rings (SSSR count). The Morgan fingerprint density at radius 3 is 2.39 bits per heavy atom. The average molecular weight is 530 g/mol. The van der Waals surface area contributed by atoms with Gasteiger partial charge in [-0.25, -0.2) is 0 Å². The lowest BCUT2D eigenvalue weighted by molar-refractivity contribution is 0.122. The smallest absolute Gasteiger partial charge is 0.162 e. The Morgan fingerprint density at radius 1 is 1.00 bits per heavy atom. The highest BCUT2D eigenvalue weighted by atomic mass is 79.9. The second-order valence-electron chi connectivity index (χ2n) is 7.54. The molecule has 1 saturated heterocycles. The van der Waals surface area contributed by atoms with Gasteiger partial charge in [0.15, 0.2) is 11.5 Å². The minimum absolute atomic E-state index is 0.423. The van der Waals surface area contributed by atoms with E-state index in [9.17, 15) is 0 Å². The van der Waals surface area contributed by atoms with E-state index in [-0.39, 0.29) is 0 Å². The van der Waals surface area contributed by atoms with Crippen molar-refractivity contribution in [1.29, 1.82) is 0 Å². The molecule has 7 heteroatoms. The predicted molar refractivity (Wildman–Crippen MR) is 138 cm³/mol. The van der Waals surface area contributed by atoms with Crippen LogP contribution >= 0.6 is 27.5 Å². The summed E-state index contributed by atoms with van der Waals surface area (Å²) in [7, 11) is 0. The van der Waals surface area contributed by atoms with Crippen LogP contribution in [0.1, 0.15) is 18.1 Å². The summed E-state index contributed by atoms with van der Waals surface area (Å²) < 4.78 is 18.2. The molecule has 1 aliphatic rings. The van der Waals surface area contributed by atoms with Crippen molar-refractivity contribution in [1.82, 2.24) is 0 Å². The molecule has 172 valence electrons. The molecule has 0 aromatic heterocycles. The lowest BCUT2D eigenvalue weighted by Gasteiger charge is -2.28. The molecule has 1 heterocycles. The molecule has 0 saturated carbocycles. The van der Waals surface area contributed by atoms with Crippen molar-refractivity contribution < 1.29 is 14.2 Å². The van der Waals surface area contributed by atoms with Crippen molar-refractivity contribution in [3.05, 3.63) is 81.3 Å². The van der Waals surface area contributed by atoms with Crippen molar-refractivity contribution in [3.8, 4) is 11.5 Å². The number of ether oxygens (including phenoxy) is 3. The molecule has 1 aliphatic heterocycles. The molecule has 0 aliphatic carbocycles. The van der Waals surface area contributed by atoms with Gasteiger partial charge in [-0.2, -0.15) is 0 Å². The fourth-order valence-corrected chi connectivity index (χ4v) is 4.04. The summed E-state index contributed by atoms with van der Waals surface area (Å²) in [6.07, 6.45) is 1.83. The molecule has 0 radical (unpaired) electrons. The van der Waals surface area contributed by atoms with Crippen LogP contribution in [0.4, 0.5) is 11.4 Å². The maximum absolute atomic E-state index is 6.03. The summed E-state index contributed by atoms with van der Waals surface area (Å²) in [5, 5.41) is 0.705. The highest BCUT2D eigenvalue weighted by Gasteiger charge is 2.12. The highest BCUT2D eigenvalue weighted by molar-refractivity contribution is 9.10. The van der Waals surface area contributed by atoms with Gasteiger partial charge in [-0.3, -0.25) is 4.99 Å². The highest BCUT2D eigenvalue weighted by Crippen LogP contribution is 2.34. The van der Waals surface area contributed by atoms with E-state index in [1.165, 1.54) is 5.69 Å². The number of rotatable bonds is 8. The Morgan fingerprint density at radius 2 is 1.70 bits per heavy atom. The Hall–Kier alpha value is -2.54. The summed E-state index contributed by atoms with van der Waals surface area (Å²) in [4.78, 5) is 6.97. The molecule has 33 heavy (non-hydrogen) atoms. The number of hydrogen-bond donors (Lipinski definition) is 0. The van der Waals surface area contributed by atoms with Crippen molar-refractivity contribution in [2.75, 3.05) is 37.8 Å². The Labute approximate surface area is 208 Å². The summed E-state index contributed by atoms with van der Waals surface area (Å²) in [6.45, 7) is 6.30. The van der Waals surface area contributed by atoms with Gasteiger partial charge in [0.05, 0.1) is 25.5 Å². The van der Waals surface area contributed by atoms with E-state index < -0.39 is 0 Å². The molecule has 5 nitrogen and oxygen atoms in total. The lowest BCUT2D eigenvalue weighted by Crippen LogP contribution is -2.36. The SMILES string of the molecule is CCOc1cc(C=Nc2ccc(N3CCOCC3)cc2)c(Br)cc1OCc1ccc(Cl)cc1. The van der Waals surface area contributed by atoms with E-state index in [1.54, 1.807) is 0 Å². The zero-order chi connectivity index (χ0) is 23.0. The number of nitrogens with zero attached hydrogens (tertiary/aromatic N) is 2. The first-order valence-electron chi connectivity index (χ1n) is 10.9. The van der Waals surface area contributed by atoms with Crippen LogP contribution in [0, 0.1) is 0 Å². The number of halogens is 2. The van der Waals surface area contributed by atoms with E-state index in [2.05, 4.69) is 38.0 Å². The molecule has 1 fully saturated rings. The molecular formula is C26H26BrClN2O3. The Balaban J connectivity index is 1.47. The van der Waals surface area contributed by atoms with Crippen LogP contribution in [0.3, 0.4) is 0 Å². The topological polar surface area (TPSA) is 43.3 Å². The molecule has 3 aromatic carbocycles. The molecule has 0 amide bonds. The average Bonchev–Trinajstić information content (AvgIpc) is 2.85. The largest absolute Gasteiger partial charge is 0.490 e. The first-order chi connectivity index (χ1) is 16.1. The van der Waals surface area contributed by atoms with Crippen molar-refractivity contribution in [2.45, 2.75) is 13.5 Å².